The highest BCUT2D eigenvalue weighted by Crippen LogP contribution is 2.30. The number of benzene rings is 2. The highest BCUT2D eigenvalue weighted by molar-refractivity contribution is 7.15. The first-order valence-corrected chi connectivity index (χ1v) is 10.4. The summed E-state index contributed by atoms with van der Waals surface area (Å²) >= 11 is 13.4. The van der Waals surface area contributed by atoms with Crippen molar-refractivity contribution >= 4 is 51.5 Å². The second-order valence-corrected chi connectivity index (χ2v) is 8.98. The number of rotatable bonds is 4. The van der Waals surface area contributed by atoms with Crippen LogP contribution in [0.5, 0.6) is 0 Å². The fourth-order valence-electron chi connectivity index (χ4n) is 3.25. The van der Waals surface area contributed by atoms with E-state index < -0.39 is 17.5 Å². The van der Waals surface area contributed by atoms with Gasteiger partial charge < -0.3 is 4.74 Å². The lowest BCUT2D eigenvalue weighted by Gasteiger charge is -2.32. The summed E-state index contributed by atoms with van der Waals surface area (Å²) in [5.41, 5.74) is 0.944. The number of carbonyl (C=O) groups excluding carboxylic acids is 2. The van der Waals surface area contributed by atoms with Crippen LogP contribution in [0.15, 0.2) is 48.7 Å². The maximum atomic E-state index is 12.8. The number of hydrogen-bond acceptors (Lipinski definition) is 5. The molecule has 0 saturated heterocycles. The van der Waals surface area contributed by atoms with Crippen molar-refractivity contribution < 1.29 is 14.3 Å². The van der Waals surface area contributed by atoms with Gasteiger partial charge in [0.15, 0.2) is 10.7 Å². The molecule has 1 aliphatic rings. The van der Waals surface area contributed by atoms with Crippen molar-refractivity contribution in [2.24, 2.45) is 0 Å². The minimum absolute atomic E-state index is 0.306. The first-order chi connectivity index (χ1) is 13.8. The number of halogens is 2. The maximum Gasteiger partial charge on any atom is 0.339 e. The molecule has 1 unspecified atom stereocenters. The molecule has 148 valence electrons. The Balaban J connectivity index is 1.47. The molecule has 29 heavy (non-hydrogen) atoms. The predicted molar refractivity (Wildman–Crippen MR) is 114 cm³/mol. The van der Waals surface area contributed by atoms with Gasteiger partial charge in [-0.25, -0.2) is 9.78 Å². The van der Waals surface area contributed by atoms with E-state index in [4.69, 9.17) is 27.9 Å². The van der Waals surface area contributed by atoms with E-state index in [2.05, 4.69) is 10.3 Å². The Morgan fingerprint density at radius 3 is 2.72 bits per heavy atom. The van der Waals surface area contributed by atoms with Crippen LogP contribution < -0.4 is 5.32 Å². The molecule has 5 nitrogen and oxygen atoms in total. The van der Waals surface area contributed by atoms with Crippen LogP contribution in [0.2, 0.25) is 10.0 Å². The average molecular weight is 447 g/mol. The molecule has 1 amide bonds. The van der Waals surface area contributed by atoms with Gasteiger partial charge in [0.25, 0.3) is 5.91 Å². The Kier molecular flexibility index (Phi) is 5.34. The Bertz CT molecular complexity index is 1090. The molecule has 0 radical (unpaired) electrons. The molecule has 1 aliphatic heterocycles. The first-order valence-electron chi connectivity index (χ1n) is 8.85. The molecule has 3 aromatic rings. The first kappa shape index (κ1) is 19.9. The number of amides is 1. The summed E-state index contributed by atoms with van der Waals surface area (Å²) in [5.74, 6) is -0.908. The minimum atomic E-state index is -1.29. The van der Waals surface area contributed by atoms with E-state index in [-0.39, 0.29) is 0 Å². The molecule has 0 saturated carbocycles. The number of ether oxygens (including phenoxy) is 1. The molecule has 2 aromatic carbocycles. The second-order valence-electron chi connectivity index (χ2n) is 6.99. The number of aromatic nitrogens is 1. The van der Waals surface area contributed by atoms with Crippen LogP contribution >= 0.6 is 34.5 Å². The van der Waals surface area contributed by atoms with Crippen LogP contribution in [0.4, 0.5) is 5.13 Å². The van der Waals surface area contributed by atoms with Gasteiger partial charge in [0.2, 0.25) is 0 Å². The third-order valence-electron chi connectivity index (χ3n) is 4.64. The number of thiazole rings is 1. The maximum absolute atomic E-state index is 12.8. The topological polar surface area (TPSA) is 68.3 Å². The summed E-state index contributed by atoms with van der Waals surface area (Å²) in [6.45, 7) is 1.61. The lowest BCUT2D eigenvalue weighted by Crippen LogP contribution is -2.48. The molecular formula is C21H16Cl2N2O3S. The highest BCUT2D eigenvalue weighted by atomic mass is 35.5. The third-order valence-corrected chi connectivity index (χ3v) is 5.99. The van der Waals surface area contributed by atoms with Crippen molar-refractivity contribution in [3.05, 3.63) is 80.3 Å². The van der Waals surface area contributed by atoms with Crippen LogP contribution in [0.1, 0.15) is 33.3 Å². The van der Waals surface area contributed by atoms with Crippen LogP contribution in [-0.4, -0.2) is 22.5 Å². The molecular weight excluding hydrogens is 431 g/mol. The van der Waals surface area contributed by atoms with Gasteiger partial charge in [0.1, 0.15) is 0 Å². The van der Waals surface area contributed by atoms with Crippen LogP contribution in [0.3, 0.4) is 0 Å². The van der Waals surface area contributed by atoms with E-state index in [1.165, 1.54) is 11.3 Å². The largest absolute Gasteiger partial charge is 0.445 e. The summed E-state index contributed by atoms with van der Waals surface area (Å²) < 4.78 is 5.46. The fourth-order valence-corrected chi connectivity index (χ4v) is 4.66. The Labute approximate surface area is 181 Å². The molecule has 0 aliphatic carbocycles. The van der Waals surface area contributed by atoms with Gasteiger partial charge in [0, 0.05) is 34.0 Å². The number of cyclic esters (lactones) is 1. The van der Waals surface area contributed by atoms with Crippen molar-refractivity contribution in [3.8, 4) is 0 Å². The number of carbonyl (C=O) groups is 2. The number of hydrogen-bond donors (Lipinski definition) is 1. The van der Waals surface area contributed by atoms with Gasteiger partial charge in [-0.1, -0.05) is 41.4 Å². The molecule has 4 rings (SSSR count). The number of esters is 1. The Hall–Kier alpha value is -2.41. The molecule has 0 bridgehead atoms. The number of fused-ring (bicyclic) bond motifs is 1. The normalized spacial score (nSPS) is 18.1. The Morgan fingerprint density at radius 1 is 1.24 bits per heavy atom. The summed E-state index contributed by atoms with van der Waals surface area (Å²) in [6, 6.07) is 12.5. The van der Waals surface area contributed by atoms with Crippen molar-refractivity contribution in [1.29, 1.82) is 0 Å². The van der Waals surface area contributed by atoms with E-state index in [1.807, 2.05) is 24.3 Å². The van der Waals surface area contributed by atoms with Crippen molar-refractivity contribution in [1.82, 2.24) is 4.98 Å². The summed E-state index contributed by atoms with van der Waals surface area (Å²) in [7, 11) is 0. The number of anilines is 1. The molecule has 1 atom stereocenters. The number of nitrogens with one attached hydrogen (secondary N) is 1. The lowest BCUT2D eigenvalue weighted by atomic mass is 9.89. The highest BCUT2D eigenvalue weighted by Gasteiger charge is 2.42. The fraction of sp³-hybridized carbons (Fsp3) is 0.190. The third kappa shape index (κ3) is 4.29. The SMILES string of the molecule is CC1(C(=O)Nc2ncc(Cc3cc(Cl)cc(Cl)c3)s2)Cc2ccccc2C(=O)O1. The van der Waals surface area contributed by atoms with E-state index >= 15 is 0 Å². The van der Waals surface area contributed by atoms with Gasteiger partial charge >= 0.3 is 5.97 Å². The Morgan fingerprint density at radius 2 is 1.97 bits per heavy atom. The average Bonchev–Trinajstić information content (AvgIpc) is 3.07. The zero-order valence-corrected chi connectivity index (χ0v) is 17.7. The smallest absolute Gasteiger partial charge is 0.339 e. The zero-order valence-electron chi connectivity index (χ0n) is 15.4. The summed E-state index contributed by atoms with van der Waals surface area (Å²) in [6.07, 6.45) is 2.59. The predicted octanol–water partition coefficient (Wildman–Crippen LogP) is 5.15. The van der Waals surface area contributed by atoms with Gasteiger partial charge in [0.05, 0.1) is 5.56 Å². The van der Waals surface area contributed by atoms with E-state index in [9.17, 15) is 9.59 Å². The van der Waals surface area contributed by atoms with Gasteiger partial charge in [-0.05, 0) is 42.3 Å². The van der Waals surface area contributed by atoms with Crippen LogP contribution in [0.25, 0.3) is 0 Å². The summed E-state index contributed by atoms with van der Waals surface area (Å²) in [5, 5.41) is 4.35. The van der Waals surface area contributed by atoms with E-state index in [0.717, 1.165) is 16.0 Å². The van der Waals surface area contributed by atoms with E-state index in [0.29, 0.717) is 33.6 Å². The molecule has 0 fully saturated rings. The molecule has 1 N–H and O–H groups in total. The van der Waals surface area contributed by atoms with Crippen molar-refractivity contribution in [2.75, 3.05) is 5.32 Å². The van der Waals surface area contributed by atoms with Gasteiger partial charge in [-0.15, -0.1) is 11.3 Å². The minimum Gasteiger partial charge on any atom is -0.445 e. The lowest BCUT2D eigenvalue weighted by molar-refractivity contribution is -0.134. The van der Waals surface area contributed by atoms with Crippen LogP contribution in [0, 0.1) is 0 Å². The second kappa shape index (κ2) is 7.78. The van der Waals surface area contributed by atoms with Gasteiger partial charge in [-0.3, -0.25) is 10.1 Å². The standard InChI is InChI=1S/C21H16Cl2N2O3S/c1-21(10-13-4-2-3-5-17(13)18(26)28-21)19(27)25-20-24-11-16(29-20)8-12-6-14(22)9-15(23)7-12/h2-7,9,11H,8,10H2,1H3,(H,24,25,27). The van der Waals surface area contributed by atoms with Gasteiger partial charge in [-0.2, -0.15) is 0 Å². The molecule has 1 aromatic heterocycles. The molecule has 0 spiro atoms. The number of nitrogens with zero attached hydrogens (tertiary/aromatic N) is 1. The van der Waals surface area contributed by atoms with E-state index in [1.54, 1.807) is 31.3 Å². The zero-order chi connectivity index (χ0) is 20.6. The molecule has 8 heteroatoms. The monoisotopic (exact) mass is 446 g/mol. The van der Waals surface area contributed by atoms with Crippen LogP contribution in [-0.2, 0) is 22.4 Å². The summed E-state index contributed by atoms with van der Waals surface area (Å²) in [4.78, 5) is 30.3. The molecule has 2 heterocycles. The quantitative estimate of drug-likeness (QED) is 0.562. The van der Waals surface area contributed by atoms with Crippen molar-refractivity contribution in [3.63, 3.8) is 0 Å². The van der Waals surface area contributed by atoms with Crippen molar-refractivity contribution in [2.45, 2.75) is 25.4 Å².